The van der Waals surface area contributed by atoms with Gasteiger partial charge in [-0.1, -0.05) is 29.8 Å². The molecule has 0 aliphatic carbocycles. The molecule has 2 N–H and O–H groups in total. The summed E-state index contributed by atoms with van der Waals surface area (Å²) in [5.74, 6) is 0.876. The molecule has 1 atom stereocenters. The topological polar surface area (TPSA) is 66.7 Å². The quantitative estimate of drug-likeness (QED) is 0.215. The van der Waals surface area contributed by atoms with Gasteiger partial charge < -0.3 is 15.4 Å². The van der Waals surface area contributed by atoms with Gasteiger partial charge in [-0.25, -0.2) is 0 Å². The lowest BCUT2D eigenvalue weighted by atomic mass is 10.0. The summed E-state index contributed by atoms with van der Waals surface area (Å²) in [6, 6.07) is 11.2. The van der Waals surface area contributed by atoms with E-state index in [4.69, 9.17) is 9.73 Å². The van der Waals surface area contributed by atoms with Gasteiger partial charge in [0.15, 0.2) is 5.96 Å². The van der Waals surface area contributed by atoms with Crippen molar-refractivity contribution >= 4 is 29.9 Å². The van der Waals surface area contributed by atoms with Crippen molar-refractivity contribution in [2.45, 2.75) is 46.7 Å². The van der Waals surface area contributed by atoms with Gasteiger partial charge >= 0.3 is 0 Å². The Labute approximate surface area is 210 Å². The highest BCUT2D eigenvalue weighted by Gasteiger charge is 2.22. The van der Waals surface area contributed by atoms with Crippen LogP contribution in [0.4, 0.5) is 0 Å². The van der Waals surface area contributed by atoms with E-state index in [0.29, 0.717) is 0 Å². The monoisotopic (exact) mass is 554 g/mol. The highest BCUT2D eigenvalue weighted by Crippen LogP contribution is 2.22. The Hall–Kier alpha value is -1.65. The molecule has 1 saturated heterocycles. The molecule has 0 spiro atoms. The van der Waals surface area contributed by atoms with Crippen LogP contribution >= 0.6 is 24.0 Å². The van der Waals surface area contributed by atoms with E-state index >= 15 is 0 Å². The summed E-state index contributed by atoms with van der Waals surface area (Å²) in [6.07, 6.45) is 0.997. The zero-order chi connectivity index (χ0) is 22.1. The van der Waals surface area contributed by atoms with Crippen molar-refractivity contribution in [1.29, 1.82) is 0 Å². The molecule has 1 aliphatic rings. The van der Waals surface area contributed by atoms with Crippen LogP contribution in [-0.4, -0.2) is 66.6 Å². The minimum absolute atomic E-state index is 0. The molecule has 1 unspecified atom stereocenters. The first-order valence-electron chi connectivity index (χ1n) is 11.5. The van der Waals surface area contributed by atoms with E-state index in [1.165, 1.54) is 16.8 Å². The first-order chi connectivity index (χ1) is 15.1. The Morgan fingerprint density at radius 1 is 1.12 bits per heavy atom. The Kier molecular flexibility index (Phi) is 11.5. The molecule has 1 aliphatic heterocycles. The Morgan fingerprint density at radius 2 is 1.84 bits per heavy atom. The highest BCUT2D eigenvalue weighted by atomic mass is 127. The zero-order valence-electron chi connectivity index (χ0n) is 19.9. The second kappa shape index (κ2) is 13.8. The van der Waals surface area contributed by atoms with E-state index in [1.807, 2.05) is 6.92 Å². The molecule has 2 heterocycles. The lowest BCUT2D eigenvalue weighted by Gasteiger charge is -2.34. The molecule has 2 aromatic rings. The van der Waals surface area contributed by atoms with Crippen LogP contribution in [-0.2, 0) is 11.3 Å². The minimum Gasteiger partial charge on any atom is -0.379 e. The summed E-state index contributed by atoms with van der Waals surface area (Å²) in [7, 11) is 0. The smallest absolute Gasteiger partial charge is 0.191 e. The van der Waals surface area contributed by atoms with Crippen LogP contribution in [0.15, 0.2) is 35.3 Å². The van der Waals surface area contributed by atoms with E-state index in [2.05, 4.69) is 76.4 Å². The van der Waals surface area contributed by atoms with Gasteiger partial charge in [0.05, 0.1) is 31.5 Å². The third-order valence-electron chi connectivity index (χ3n) is 5.66. The number of aryl methyl sites for hydroxylation is 4. The van der Waals surface area contributed by atoms with Crippen molar-refractivity contribution in [3.8, 4) is 0 Å². The van der Waals surface area contributed by atoms with Crippen molar-refractivity contribution in [3.05, 3.63) is 52.8 Å². The second-order valence-corrected chi connectivity index (χ2v) is 8.23. The highest BCUT2D eigenvalue weighted by molar-refractivity contribution is 14.0. The van der Waals surface area contributed by atoms with Crippen LogP contribution in [0.5, 0.6) is 0 Å². The maximum absolute atomic E-state index is 5.57. The Bertz CT molecular complexity index is 830. The molecule has 8 heteroatoms. The molecule has 1 fully saturated rings. The number of aliphatic imine (C=N–C) groups is 1. The molecule has 1 aromatic carbocycles. The van der Waals surface area contributed by atoms with Gasteiger partial charge in [-0.3, -0.25) is 14.6 Å². The maximum atomic E-state index is 5.57. The number of guanidine groups is 1. The van der Waals surface area contributed by atoms with Crippen LogP contribution in [0.25, 0.3) is 0 Å². The lowest BCUT2D eigenvalue weighted by Crippen LogP contribution is -2.42. The van der Waals surface area contributed by atoms with Crippen molar-refractivity contribution < 1.29 is 4.74 Å². The first kappa shape index (κ1) is 26.6. The molecule has 32 heavy (non-hydrogen) atoms. The normalized spacial score (nSPS) is 15.8. The number of nitrogens with zero attached hydrogens (tertiary/aromatic N) is 4. The predicted molar refractivity (Wildman–Crippen MR) is 142 cm³/mol. The fraction of sp³-hybridized carbons (Fsp3) is 0.583. The zero-order valence-corrected chi connectivity index (χ0v) is 22.3. The van der Waals surface area contributed by atoms with Crippen LogP contribution in [0, 0.1) is 20.8 Å². The number of benzene rings is 1. The number of morpholine rings is 1. The van der Waals surface area contributed by atoms with E-state index in [1.54, 1.807) is 0 Å². The number of halogens is 1. The number of hydrogen-bond donors (Lipinski definition) is 2. The van der Waals surface area contributed by atoms with Gasteiger partial charge in [0, 0.05) is 38.4 Å². The fourth-order valence-corrected chi connectivity index (χ4v) is 3.97. The van der Waals surface area contributed by atoms with E-state index in [0.717, 1.165) is 70.6 Å². The standard InChI is InChI=1S/C24H38N6O.HI/c1-5-25-24(26-11-6-12-30-21(4)17-20(3)28-30)27-18-23(29-13-15-31-16-14-29)22-9-7-19(2)8-10-22;/h7-10,17,23H,5-6,11-16,18H2,1-4H3,(H2,25,26,27);1H. The predicted octanol–water partition coefficient (Wildman–Crippen LogP) is 3.45. The van der Waals surface area contributed by atoms with Crippen LogP contribution in [0.3, 0.4) is 0 Å². The average molecular weight is 555 g/mol. The number of aromatic nitrogens is 2. The lowest BCUT2D eigenvalue weighted by molar-refractivity contribution is 0.0179. The van der Waals surface area contributed by atoms with Crippen molar-refractivity contribution in [2.24, 2.45) is 4.99 Å². The molecule has 0 saturated carbocycles. The summed E-state index contributed by atoms with van der Waals surface area (Å²) in [5, 5.41) is 11.4. The van der Waals surface area contributed by atoms with Crippen molar-refractivity contribution in [2.75, 3.05) is 45.9 Å². The van der Waals surface area contributed by atoms with Crippen LogP contribution < -0.4 is 10.6 Å². The average Bonchev–Trinajstić information content (AvgIpc) is 3.10. The second-order valence-electron chi connectivity index (χ2n) is 8.23. The molecule has 0 bridgehead atoms. The SMILES string of the molecule is CCNC(=NCC(c1ccc(C)cc1)N1CCOCC1)NCCCn1nc(C)cc1C.I. The summed E-state index contributed by atoms with van der Waals surface area (Å²) in [5.41, 5.74) is 4.89. The number of nitrogens with one attached hydrogen (secondary N) is 2. The van der Waals surface area contributed by atoms with Gasteiger partial charge in [-0.05, 0) is 45.7 Å². The third-order valence-corrected chi connectivity index (χ3v) is 5.66. The molecule has 1 aromatic heterocycles. The van der Waals surface area contributed by atoms with Gasteiger partial charge in [0.2, 0.25) is 0 Å². The van der Waals surface area contributed by atoms with Gasteiger partial charge in [0.25, 0.3) is 0 Å². The van der Waals surface area contributed by atoms with Crippen molar-refractivity contribution in [1.82, 2.24) is 25.3 Å². The van der Waals surface area contributed by atoms with Gasteiger partial charge in [-0.2, -0.15) is 5.10 Å². The number of rotatable bonds is 9. The van der Waals surface area contributed by atoms with Crippen molar-refractivity contribution in [3.63, 3.8) is 0 Å². The minimum atomic E-state index is 0. The van der Waals surface area contributed by atoms with E-state index in [-0.39, 0.29) is 30.0 Å². The molecule has 0 amide bonds. The maximum Gasteiger partial charge on any atom is 0.191 e. The molecule has 7 nitrogen and oxygen atoms in total. The number of ether oxygens (including phenoxy) is 1. The molecule has 3 rings (SSSR count). The molecular formula is C24H39IN6O. The summed E-state index contributed by atoms with van der Waals surface area (Å²) in [4.78, 5) is 7.43. The van der Waals surface area contributed by atoms with Gasteiger partial charge in [0.1, 0.15) is 0 Å². The summed E-state index contributed by atoms with van der Waals surface area (Å²) in [6.45, 7) is 15.2. The van der Waals surface area contributed by atoms with Crippen LogP contribution in [0.2, 0.25) is 0 Å². The summed E-state index contributed by atoms with van der Waals surface area (Å²) < 4.78 is 7.65. The summed E-state index contributed by atoms with van der Waals surface area (Å²) >= 11 is 0. The first-order valence-corrected chi connectivity index (χ1v) is 11.5. The van der Waals surface area contributed by atoms with E-state index < -0.39 is 0 Å². The fourth-order valence-electron chi connectivity index (χ4n) is 3.97. The largest absolute Gasteiger partial charge is 0.379 e. The number of hydrogen-bond acceptors (Lipinski definition) is 4. The Morgan fingerprint density at radius 3 is 2.47 bits per heavy atom. The van der Waals surface area contributed by atoms with Crippen LogP contribution in [0.1, 0.15) is 41.9 Å². The van der Waals surface area contributed by atoms with E-state index in [9.17, 15) is 0 Å². The third kappa shape index (κ3) is 8.04. The molecule has 0 radical (unpaired) electrons. The molecule has 178 valence electrons. The molecular weight excluding hydrogens is 515 g/mol. The van der Waals surface area contributed by atoms with Gasteiger partial charge in [-0.15, -0.1) is 24.0 Å². The Balaban J connectivity index is 0.00000363.